The summed E-state index contributed by atoms with van der Waals surface area (Å²) in [6.07, 6.45) is -2.47. The molecule has 4 heterocycles. The number of hydrogen-bond donors (Lipinski definition) is 1. The lowest BCUT2D eigenvalue weighted by Gasteiger charge is -2.30. The van der Waals surface area contributed by atoms with Crippen LogP contribution in [-0.4, -0.2) is 42.1 Å². The highest BCUT2D eigenvalue weighted by molar-refractivity contribution is 7.14. The first-order valence-electron chi connectivity index (χ1n) is 11.7. The van der Waals surface area contributed by atoms with Crippen molar-refractivity contribution >= 4 is 46.3 Å². The summed E-state index contributed by atoms with van der Waals surface area (Å²) in [4.78, 5) is 21.0. The van der Waals surface area contributed by atoms with E-state index in [0.717, 1.165) is 47.4 Å². The zero-order chi connectivity index (χ0) is 26.5. The van der Waals surface area contributed by atoms with Gasteiger partial charge in [0.15, 0.2) is 5.82 Å². The molecule has 1 saturated heterocycles. The van der Waals surface area contributed by atoms with Crippen LogP contribution in [0.5, 0.6) is 0 Å². The van der Waals surface area contributed by atoms with E-state index in [4.69, 9.17) is 32.8 Å². The van der Waals surface area contributed by atoms with Crippen molar-refractivity contribution in [2.24, 2.45) is 5.16 Å². The number of rotatable bonds is 4. The number of amidine groups is 1. The Morgan fingerprint density at radius 2 is 2.00 bits per heavy atom. The number of nitrogens with one attached hydrogen (secondary N) is 1. The fourth-order valence-electron chi connectivity index (χ4n) is 4.86. The van der Waals surface area contributed by atoms with E-state index in [2.05, 4.69) is 10.5 Å². The molecule has 1 N–H and O–H groups in total. The lowest BCUT2D eigenvalue weighted by molar-refractivity contribution is -0.275. The van der Waals surface area contributed by atoms with Crippen molar-refractivity contribution in [3.05, 3.63) is 54.4 Å². The van der Waals surface area contributed by atoms with Crippen LogP contribution in [0, 0.1) is 12.7 Å². The Morgan fingerprint density at radius 1 is 1.27 bits per heavy atom. The normalized spacial score (nSPS) is 23.6. The number of benzene rings is 1. The predicted octanol–water partition coefficient (Wildman–Crippen LogP) is 6.31. The van der Waals surface area contributed by atoms with Crippen LogP contribution < -0.4 is 5.32 Å². The number of fused-ring (bicyclic) bond motifs is 1. The Balaban J connectivity index is 1.30. The lowest BCUT2D eigenvalue weighted by atomic mass is 9.89. The van der Waals surface area contributed by atoms with Gasteiger partial charge < -0.3 is 19.8 Å². The first-order chi connectivity index (χ1) is 17.5. The predicted molar refractivity (Wildman–Crippen MR) is 132 cm³/mol. The fourth-order valence-corrected chi connectivity index (χ4v) is 6.60. The van der Waals surface area contributed by atoms with Gasteiger partial charge in [-0.1, -0.05) is 28.4 Å². The summed E-state index contributed by atoms with van der Waals surface area (Å²) < 4.78 is 62.4. The monoisotopic (exact) mass is 579 g/mol. The van der Waals surface area contributed by atoms with E-state index < -0.39 is 39.6 Å². The Bertz CT molecular complexity index is 1240. The highest BCUT2D eigenvalue weighted by Gasteiger charge is 2.63. The maximum atomic E-state index is 14.3. The summed E-state index contributed by atoms with van der Waals surface area (Å²) >= 11 is 12.9. The minimum atomic E-state index is -4.88. The van der Waals surface area contributed by atoms with Crippen molar-refractivity contribution < 1.29 is 31.9 Å². The average molecular weight is 580 g/mol. The van der Waals surface area contributed by atoms with E-state index in [1.54, 1.807) is 4.90 Å². The quantitative estimate of drug-likeness (QED) is 0.340. The van der Waals surface area contributed by atoms with Crippen LogP contribution in [0.3, 0.4) is 0 Å². The molecule has 37 heavy (non-hydrogen) atoms. The molecule has 0 radical (unpaired) electrons. The van der Waals surface area contributed by atoms with Crippen LogP contribution in [0.2, 0.25) is 10.0 Å². The number of hydrogen-bond acceptors (Lipinski definition) is 6. The van der Waals surface area contributed by atoms with Gasteiger partial charge in [-0.05, 0) is 49.4 Å². The van der Waals surface area contributed by atoms with Crippen molar-refractivity contribution in [1.82, 2.24) is 10.2 Å². The summed E-state index contributed by atoms with van der Waals surface area (Å²) in [5.41, 5.74) is -1.59. The molecule has 0 bridgehead atoms. The van der Waals surface area contributed by atoms with E-state index in [1.165, 1.54) is 11.3 Å². The van der Waals surface area contributed by atoms with Gasteiger partial charge in [-0.25, -0.2) is 4.39 Å². The van der Waals surface area contributed by atoms with Crippen LogP contribution in [0.25, 0.3) is 0 Å². The number of oxime groups is 1. The second-order valence-corrected chi connectivity index (χ2v) is 11.3. The maximum absolute atomic E-state index is 14.3. The van der Waals surface area contributed by atoms with Crippen molar-refractivity contribution in [2.45, 2.75) is 63.6 Å². The molecule has 1 amide bonds. The smallest absolute Gasteiger partial charge is 0.376 e. The third-order valence-electron chi connectivity index (χ3n) is 7.00. The molecular weight excluding hydrogens is 557 g/mol. The molecule has 2 unspecified atom stereocenters. The molecule has 2 atom stereocenters. The molecular formula is C24H23Cl2F4N3O3S. The fraction of sp³-hybridized carbons (Fsp3) is 0.500. The van der Waals surface area contributed by atoms with Crippen LogP contribution in [-0.2, 0) is 28.3 Å². The van der Waals surface area contributed by atoms with Crippen molar-refractivity contribution in [3.63, 3.8) is 0 Å². The molecule has 13 heteroatoms. The Hall–Kier alpha value is -2.08. The van der Waals surface area contributed by atoms with Gasteiger partial charge in [-0.2, -0.15) is 13.2 Å². The summed E-state index contributed by atoms with van der Waals surface area (Å²) in [7, 11) is 0. The second-order valence-electron chi connectivity index (χ2n) is 9.37. The van der Waals surface area contributed by atoms with Crippen LogP contribution >= 0.6 is 34.5 Å². The SMILES string of the molecule is Cc1c(C(=O)NCC2CCCCO2)sc2c1CN(C1=NOC(c3cc(Cl)c(F)c(Cl)c3)(C(F)(F)F)C1)C2. The topological polar surface area (TPSA) is 63.2 Å². The zero-order valence-corrected chi connectivity index (χ0v) is 22.0. The summed E-state index contributed by atoms with van der Waals surface area (Å²) in [5.74, 6) is -1.09. The molecule has 6 nitrogen and oxygen atoms in total. The summed E-state index contributed by atoms with van der Waals surface area (Å²) in [6.45, 7) is 3.56. The zero-order valence-electron chi connectivity index (χ0n) is 19.7. The number of amides is 1. The van der Waals surface area contributed by atoms with Gasteiger partial charge in [0.2, 0.25) is 0 Å². The molecule has 1 aromatic carbocycles. The van der Waals surface area contributed by atoms with Crippen molar-refractivity contribution in [3.8, 4) is 0 Å². The molecule has 1 fully saturated rings. The molecule has 0 aliphatic carbocycles. The third kappa shape index (κ3) is 4.79. The van der Waals surface area contributed by atoms with Crippen molar-refractivity contribution in [1.29, 1.82) is 0 Å². The van der Waals surface area contributed by atoms with E-state index in [-0.39, 0.29) is 24.4 Å². The van der Waals surface area contributed by atoms with E-state index in [1.807, 2.05) is 6.92 Å². The molecule has 5 rings (SSSR count). The first-order valence-corrected chi connectivity index (χ1v) is 13.3. The van der Waals surface area contributed by atoms with Gasteiger partial charge in [-0.15, -0.1) is 11.3 Å². The minimum absolute atomic E-state index is 0.0143. The van der Waals surface area contributed by atoms with Crippen LogP contribution in [0.1, 0.15) is 56.9 Å². The Morgan fingerprint density at radius 3 is 2.62 bits per heavy atom. The van der Waals surface area contributed by atoms with E-state index in [0.29, 0.717) is 24.6 Å². The maximum Gasteiger partial charge on any atom is 0.435 e. The van der Waals surface area contributed by atoms with E-state index in [9.17, 15) is 22.4 Å². The second kappa shape index (κ2) is 9.91. The number of halogens is 6. The van der Waals surface area contributed by atoms with Gasteiger partial charge in [0.05, 0.1) is 34.0 Å². The van der Waals surface area contributed by atoms with Gasteiger partial charge in [-0.3, -0.25) is 4.79 Å². The molecule has 3 aliphatic heterocycles. The number of carbonyl (C=O) groups is 1. The summed E-state index contributed by atoms with van der Waals surface area (Å²) in [5, 5.41) is 5.64. The number of ether oxygens (including phenoxy) is 1. The molecule has 3 aliphatic rings. The Kier molecular flexibility index (Phi) is 7.10. The minimum Gasteiger partial charge on any atom is -0.376 e. The van der Waals surface area contributed by atoms with Gasteiger partial charge in [0.25, 0.3) is 11.5 Å². The average Bonchev–Trinajstić information content (AvgIpc) is 3.56. The molecule has 0 spiro atoms. The third-order valence-corrected chi connectivity index (χ3v) is 8.86. The van der Waals surface area contributed by atoms with E-state index >= 15 is 0 Å². The number of nitrogens with zero attached hydrogens (tertiary/aromatic N) is 2. The molecule has 2 aromatic rings. The van der Waals surface area contributed by atoms with Gasteiger partial charge in [0.1, 0.15) is 5.84 Å². The highest BCUT2D eigenvalue weighted by Crippen LogP contribution is 2.50. The number of alkyl halides is 3. The molecule has 200 valence electrons. The summed E-state index contributed by atoms with van der Waals surface area (Å²) in [6, 6.07) is 1.73. The lowest BCUT2D eigenvalue weighted by Crippen LogP contribution is -2.44. The number of carbonyl (C=O) groups excluding carboxylic acids is 1. The molecule has 1 aromatic heterocycles. The van der Waals surface area contributed by atoms with Crippen LogP contribution in [0.15, 0.2) is 17.3 Å². The van der Waals surface area contributed by atoms with Gasteiger partial charge >= 0.3 is 6.18 Å². The van der Waals surface area contributed by atoms with Crippen molar-refractivity contribution in [2.75, 3.05) is 13.2 Å². The van der Waals surface area contributed by atoms with Crippen LogP contribution in [0.4, 0.5) is 17.6 Å². The first kappa shape index (κ1) is 26.5. The largest absolute Gasteiger partial charge is 0.435 e. The number of thiophene rings is 1. The standard InChI is InChI=1S/C24H23Cl2F4N3O3S/c1-12-15-10-33(11-18(15)37-21(12)22(34)31-9-14-4-2-3-5-35-14)19-8-23(36-32-19,24(28,29)30)13-6-16(25)20(27)17(26)7-13/h6-7,14H,2-5,8-11H2,1H3,(H,31,34). The highest BCUT2D eigenvalue weighted by atomic mass is 35.5. The Labute approximate surface area is 224 Å². The van der Waals surface area contributed by atoms with Gasteiger partial charge in [0, 0.05) is 30.1 Å². The molecule has 0 saturated carbocycles.